The van der Waals surface area contributed by atoms with E-state index in [-0.39, 0.29) is 24.3 Å². The van der Waals surface area contributed by atoms with E-state index in [2.05, 4.69) is 0 Å². The van der Waals surface area contributed by atoms with E-state index in [1.54, 1.807) is 35.8 Å². The molecule has 2 aromatic carbocycles. The summed E-state index contributed by atoms with van der Waals surface area (Å²) in [6, 6.07) is 10.5. The molecule has 0 saturated carbocycles. The topological polar surface area (TPSA) is 62.5 Å². The van der Waals surface area contributed by atoms with Gasteiger partial charge >= 0.3 is 5.69 Å². The molecule has 7 heteroatoms. The molecule has 0 saturated heterocycles. The Bertz CT molecular complexity index is 1090. The predicted octanol–water partition coefficient (Wildman–Crippen LogP) is 2.90. The lowest BCUT2D eigenvalue weighted by Crippen LogP contribution is -2.39. The fraction of sp³-hybridized carbons (Fsp3) is 0.263. The van der Waals surface area contributed by atoms with Crippen molar-refractivity contribution in [3.8, 4) is 11.5 Å². The number of rotatable bonds is 5. The van der Waals surface area contributed by atoms with Gasteiger partial charge in [-0.3, -0.25) is 13.9 Å². The summed E-state index contributed by atoms with van der Waals surface area (Å²) >= 11 is 6.06. The lowest BCUT2D eigenvalue weighted by molar-refractivity contribution is 0.355. The molecule has 3 rings (SSSR count). The Hall–Kier alpha value is -2.73. The fourth-order valence-electron chi connectivity index (χ4n) is 2.99. The van der Waals surface area contributed by atoms with Gasteiger partial charge in [0, 0.05) is 17.6 Å². The Kier molecular flexibility index (Phi) is 5.04. The Morgan fingerprint density at radius 1 is 1.00 bits per heavy atom. The van der Waals surface area contributed by atoms with Crippen LogP contribution in [0.2, 0.25) is 5.02 Å². The van der Waals surface area contributed by atoms with E-state index in [0.717, 1.165) is 5.56 Å². The highest BCUT2D eigenvalue weighted by Crippen LogP contribution is 2.30. The first kappa shape index (κ1) is 18.1. The van der Waals surface area contributed by atoms with Gasteiger partial charge in [0.15, 0.2) is 11.5 Å². The van der Waals surface area contributed by atoms with E-state index in [1.807, 2.05) is 12.1 Å². The molecule has 0 bridgehead atoms. The van der Waals surface area contributed by atoms with Gasteiger partial charge in [-0.1, -0.05) is 23.7 Å². The summed E-state index contributed by atoms with van der Waals surface area (Å²) < 4.78 is 13.4. The molecule has 0 fully saturated rings. The van der Waals surface area contributed by atoms with Gasteiger partial charge < -0.3 is 9.47 Å². The van der Waals surface area contributed by atoms with Gasteiger partial charge in [-0.05, 0) is 30.7 Å². The van der Waals surface area contributed by atoms with Crippen molar-refractivity contribution in [3.05, 3.63) is 67.8 Å². The summed E-state index contributed by atoms with van der Waals surface area (Å²) in [5, 5.41) is 0.981. The van der Waals surface area contributed by atoms with Crippen molar-refractivity contribution in [2.75, 3.05) is 14.2 Å². The number of halogens is 1. The summed E-state index contributed by atoms with van der Waals surface area (Å²) in [4.78, 5) is 25.6. The van der Waals surface area contributed by atoms with E-state index in [1.165, 1.54) is 18.8 Å². The van der Waals surface area contributed by atoms with Gasteiger partial charge in [0.05, 0.1) is 31.7 Å². The molecule has 0 atom stereocenters. The Morgan fingerprint density at radius 3 is 2.31 bits per heavy atom. The van der Waals surface area contributed by atoms with Gasteiger partial charge in [-0.15, -0.1) is 0 Å². The number of hydrogen-bond donors (Lipinski definition) is 0. The highest BCUT2D eigenvalue weighted by atomic mass is 35.5. The zero-order valence-corrected chi connectivity index (χ0v) is 15.5. The van der Waals surface area contributed by atoms with Crippen LogP contribution >= 0.6 is 11.6 Å². The molecule has 0 aliphatic heterocycles. The second kappa shape index (κ2) is 7.25. The summed E-state index contributed by atoms with van der Waals surface area (Å²) in [7, 11) is 3.01. The smallest absolute Gasteiger partial charge is 0.331 e. The van der Waals surface area contributed by atoms with Crippen LogP contribution in [0.15, 0.2) is 46.0 Å². The molecule has 3 aromatic rings. The summed E-state index contributed by atoms with van der Waals surface area (Å²) in [6.45, 7) is 2.32. The van der Waals surface area contributed by atoms with Crippen LogP contribution in [-0.4, -0.2) is 23.4 Å². The molecule has 136 valence electrons. The van der Waals surface area contributed by atoms with E-state index in [4.69, 9.17) is 21.1 Å². The average Bonchev–Trinajstić information content (AvgIpc) is 2.64. The highest BCUT2D eigenvalue weighted by molar-refractivity contribution is 6.30. The quantitative estimate of drug-likeness (QED) is 0.689. The van der Waals surface area contributed by atoms with Crippen LogP contribution in [0, 0.1) is 0 Å². The number of fused-ring (bicyclic) bond motifs is 1. The van der Waals surface area contributed by atoms with E-state index in [9.17, 15) is 9.59 Å². The van der Waals surface area contributed by atoms with Crippen molar-refractivity contribution >= 4 is 22.5 Å². The van der Waals surface area contributed by atoms with Crippen LogP contribution in [0.4, 0.5) is 0 Å². The third-order valence-electron chi connectivity index (χ3n) is 4.28. The molecule has 0 N–H and O–H groups in total. The second-order valence-corrected chi connectivity index (χ2v) is 6.21. The molecule has 0 unspecified atom stereocenters. The number of hydrogen-bond acceptors (Lipinski definition) is 4. The Morgan fingerprint density at radius 2 is 1.69 bits per heavy atom. The van der Waals surface area contributed by atoms with E-state index < -0.39 is 0 Å². The standard InChI is InChI=1S/C19H19ClN2O4/c1-4-21-18(23)14-9-16(25-2)17(26-3)10-15(14)22(19(21)24)11-12-6-5-7-13(20)8-12/h5-10H,4,11H2,1-3H3. The molecule has 0 radical (unpaired) electrons. The monoisotopic (exact) mass is 374 g/mol. The zero-order chi connectivity index (χ0) is 18.8. The normalized spacial score (nSPS) is 10.9. The minimum atomic E-state index is -0.378. The largest absolute Gasteiger partial charge is 0.493 e. The first-order chi connectivity index (χ1) is 12.5. The summed E-state index contributed by atoms with van der Waals surface area (Å²) in [5.74, 6) is 0.889. The van der Waals surface area contributed by atoms with Crippen molar-refractivity contribution in [2.24, 2.45) is 0 Å². The lowest BCUT2D eigenvalue weighted by Gasteiger charge is -2.16. The van der Waals surface area contributed by atoms with Crippen LogP contribution in [0.5, 0.6) is 11.5 Å². The highest BCUT2D eigenvalue weighted by Gasteiger charge is 2.16. The van der Waals surface area contributed by atoms with Crippen molar-refractivity contribution in [2.45, 2.75) is 20.0 Å². The van der Waals surface area contributed by atoms with Gasteiger partial charge in [0.1, 0.15) is 0 Å². The molecular weight excluding hydrogens is 356 g/mol. The summed E-state index contributed by atoms with van der Waals surface area (Å²) in [6.07, 6.45) is 0. The van der Waals surface area contributed by atoms with E-state index >= 15 is 0 Å². The molecular formula is C19H19ClN2O4. The maximum atomic E-state index is 12.9. The predicted molar refractivity (Wildman–Crippen MR) is 102 cm³/mol. The van der Waals surface area contributed by atoms with E-state index in [0.29, 0.717) is 27.4 Å². The van der Waals surface area contributed by atoms with Gasteiger partial charge in [0.25, 0.3) is 5.56 Å². The maximum Gasteiger partial charge on any atom is 0.331 e. The number of aromatic nitrogens is 2. The summed E-state index contributed by atoms with van der Waals surface area (Å²) in [5.41, 5.74) is 0.618. The number of methoxy groups -OCH3 is 2. The van der Waals surface area contributed by atoms with Crippen molar-refractivity contribution < 1.29 is 9.47 Å². The Balaban J connectivity index is 2.35. The van der Waals surface area contributed by atoms with Crippen LogP contribution in [0.25, 0.3) is 10.9 Å². The number of benzene rings is 2. The van der Waals surface area contributed by atoms with Gasteiger partial charge in [-0.25, -0.2) is 4.79 Å². The third kappa shape index (κ3) is 3.08. The minimum absolute atomic E-state index is 0.275. The van der Waals surface area contributed by atoms with Crippen LogP contribution in [-0.2, 0) is 13.1 Å². The zero-order valence-electron chi connectivity index (χ0n) is 14.8. The lowest BCUT2D eigenvalue weighted by atomic mass is 10.2. The first-order valence-electron chi connectivity index (χ1n) is 8.14. The van der Waals surface area contributed by atoms with Crippen molar-refractivity contribution in [1.29, 1.82) is 0 Å². The molecule has 1 aromatic heterocycles. The molecule has 1 heterocycles. The van der Waals surface area contributed by atoms with Crippen LogP contribution < -0.4 is 20.7 Å². The number of ether oxygens (including phenoxy) is 2. The van der Waals surface area contributed by atoms with Crippen LogP contribution in [0.3, 0.4) is 0 Å². The van der Waals surface area contributed by atoms with Crippen molar-refractivity contribution in [1.82, 2.24) is 9.13 Å². The maximum absolute atomic E-state index is 12.9. The van der Waals surface area contributed by atoms with Gasteiger partial charge in [-0.2, -0.15) is 0 Å². The molecule has 0 aliphatic rings. The Labute approximate surface area is 155 Å². The second-order valence-electron chi connectivity index (χ2n) is 5.77. The SMILES string of the molecule is CCn1c(=O)c2cc(OC)c(OC)cc2n(Cc2cccc(Cl)c2)c1=O. The molecule has 0 aliphatic carbocycles. The molecule has 0 spiro atoms. The average molecular weight is 375 g/mol. The number of nitrogens with zero attached hydrogens (tertiary/aromatic N) is 2. The molecule has 0 amide bonds. The van der Waals surface area contributed by atoms with Gasteiger partial charge in [0.2, 0.25) is 0 Å². The van der Waals surface area contributed by atoms with Crippen molar-refractivity contribution in [3.63, 3.8) is 0 Å². The minimum Gasteiger partial charge on any atom is -0.493 e. The molecule has 6 nitrogen and oxygen atoms in total. The first-order valence-corrected chi connectivity index (χ1v) is 8.51. The third-order valence-corrected chi connectivity index (χ3v) is 4.51. The molecule has 26 heavy (non-hydrogen) atoms. The fourth-order valence-corrected chi connectivity index (χ4v) is 3.21. The van der Waals surface area contributed by atoms with Crippen LogP contribution in [0.1, 0.15) is 12.5 Å².